The van der Waals surface area contributed by atoms with Crippen molar-refractivity contribution in [1.29, 1.82) is 0 Å². The molecule has 2 saturated heterocycles. The summed E-state index contributed by atoms with van der Waals surface area (Å²) in [5.74, 6) is 0.490. The highest BCUT2D eigenvalue weighted by atomic mass is 32.2. The van der Waals surface area contributed by atoms with Crippen LogP contribution >= 0.6 is 0 Å². The van der Waals surface area contributed by atoms with Gasteiger partial charge in [0.15, 0.2) is 23.2 Å². The van der Waals surface area contributed by atoms with Crippen molar-refractivity contribution >= 4 is 27.0 Å². The molecule has 4 heterocycles. The fourth-order valence-corrected chi connectivity index (χ4v) is 5.76. The maximum Gasteiger partial charge on any atom is 0.243 e. The van der Waals surface area contributed by atoms with E-state index in [-0.39, 0.29) is 17.5 Å². The molecule has 5 rings (SSSR count). The van der Waals surface area contributed by atoms with Crippen molar-refractivity contribution in [3.63, 3.8) is 0 Å². The number of aliphatic hydroxyl groups is 2. The van der Waals surface area contributed by atoms with Gasteiger partial charge < -0.3 is 20.3 Å². The number of nitrogens with one attached hydrogen (secondary N) is 1. The zero-order valence-corrected chi connectivity index (χ0v) is 18.0. The number of imidazole rings is 1. The van der Waals surface area contributed by atoms with Crippen LogP contribution in [0.25, 0.3) is 11.2 Å². The Kier molecular flexibility index (Phi) is 5.55. The van der Waals surface area contributed by atoms with Crippen LogP contribution in [-0.2, 0) is 14.8 Å². The molecule has 11 nitrogen and oxygen atoms in total. The van der Waals surface area contributed by atoms with Crippen molar-refractivity contribution in [3.8, 4) is 0 Å². The number of hydrogen-bond acceptors (Lipinski definition) is 9. The van der Waals surface area contributed by atoms with E-state index < -0.39 is 28.5 Å². The van der Waals surface area contributed by atoms with Crippen molar-refractivity contribution in [1.82, 2.24) is 23.8 Å². The molecule has 2 fully saturated rings. The Morgan fingerprint density at radius 2 is 2.00 bits per heavy atom. The predicted octanol–water partition coefficient (Wildman–Crippen LogP) is 0.342. The molecular weight excluding hydrogens is 436 g/mol. The van der Waals surface area contributed by atoms with Gasteiger partial charge in [-0.1, -0.05) is 18.2 Å². The van der Waals surface area contributed by atoms with Gasteiger partial charge in [-0.2, -0.15) is 4.31 Å². The first-order valence-electron chi connectivity index (χ1n) is 10.4. The van der Waals surface area contributed by atoms with Crippen molar-refractivity contribution in [3.05, 3.63) is 43.0 Å². The molecule has 1 aromatic carbocycles. The lowest BCUT2D eigenvalue weighted by molar-refractivity contribution is -0.0486. The normalized spacial score (nSPS) is 26.7. The number of anilines is 1. The Balaban J connectivity index is 1.34. The van der Waals surface area contributed by atoms with Gasteiger partial charge in [-0.05, 0) is 18.6 Å². The highest BCUT2D eigenvalue weighted by molar-refractivity contribution is 7.89. The zero-order valence-electron chi connectivity index (χ0n) is 17.1. The van der Waals surface area contributed by atoms with Gasteiger partial charge in [0, 0.05) is 25.6 Å². The molecule has 3 aromatic rings. The summed E-state index contributed by atoms with van der Waals surface area (Å²) in [6.07, 6.45) is 1.94. The van der Waals surface area contributed by atoms with Crippen LogP contribution in [0.15, 0.2) is 47.9 Å². The fraction of sp³-hybridized carbons (Fsp3) is 0.450. The quantitative estimate of drug-likeness (QED) is 0.474. The van der Waals surface area contributed by atoms with Crippen LogP contribution in [0.1, 0.15) is 19.1 Å². The Bertz CT molecular complexity index is 1200. The maximum absolute atomic E-state index is 12.9. The van der Waals surface area contributed by atoms with Crippen LogP contribution in [0.4, 0.5) is 5.82 Å². The Morgan fingerprint density at radius 1 is 1.19 bits per heavy atom. The average molecular weight is 461 g/mol. The van der Waals surface area contributed by atoms with E-state index in [1.54, 1.807) is 34.9 Å². The molecule has 32 heavy (non-hydrogen) atoms. The molecule has 0 amide bonds. The number of aromatic nitrogens is 4. The second-order valence-corrected chi connectivity index (χ2v) is 9.92. The molecule has 3 N–H and O–H groups in total. The highest BCUT2D eigenvalue weighted by Gasteiger charge is 2.36. The van der Waals surface area contributed by atoms with Crippen molar-refractivity contribution < 1.29 is 23.4 Å². The maximum atomic E-state index is 12.9. The molecule has 0 aliphatic carbocycles. The number of ether oxygens (including phenoxy) is 1. The Morgan fingerprint density at radius 3 is 2.75 bits per heavy atom. The van der Waals surface area contributed by atoms with Crippen LogP contribution in [0.2, 0.25) is 0 Å². The van der Waals surface area contributed by atoms with E-state index in [0.717, 1.165) is 0 Å². The smallest absolute Gasteiger partial charge is 0.243 e. The van der Waals surface area contributed by atoms with Gasteiger partial charge in [0.05, 0.1) is 23.9 Å². The number of fused-ring (bicyclic) bond motifs is 1. The van der Waals surface area contributed by atoms with Gasteiger partial charge in [-0.15, -0.1) is 0 Å². The van der Waals surface area contributed by atoms with Crippen LogP contribution < -0.4 is 5.32 Å². The number of sulfonamides is 1. The van der Waals surface area contributed by atoms with Crippen LogP contribution in [0.3, 0.4) is 0 Å². The molecule has 0 radical (unpaired) electrons. The number of hydrogen-bond donors (Lipinski definition) is 3. The number of benzene rings is 1. The summed E-state index contributed by atoms with van der Waals surface area (Å²) in [7, 11) is -3.55. The van der Waals surface area contributed by atoms with Crippen LogP contribution in [0, 0.1) is 0 Å². The minimum atomic E-state index is -3.55. The monoisotopic (exact) mass is 460 g/mol. The first kappa shape index (κ1) is 21.2. The number of rotatable bonds is 6. The highest BCUT2D eigenvalue weighted by Crippen LogP contribution is 2.32. The summed E-state index contributed by atoms with van der Waals surface area (Å²) in [6, 6.07) is 8.26. The van der Waals surface area contributed by atoms with E-state index >= 15 is 0 Å². The van der Waals surface area contributed by atoms with Crippen molar-refractivity contribution in [2.24, 2.45) is 0 Å². The summed E-state index contributed by atoms with van der Waals surface area (Å²) in [4.78, 5) is 13.3. The lowest BCUT2D eigenvalue weighted by Gasteiger charge is -2.18. The largest absolute Gasteiger partial charge is 0.394 e. The van der Waals surface area contributed by atoms with E-state index in [4.69, 9.17) is 4.74 Å². The van der Waals surface area contributed by atoms with Gasteiger partial charge in [-0.25, -0.2) is 23.4 Å². The van der Waals surface area contributed by atoms with Crippen molar-refractivity contribution in [2.45, 2.75) is 42.2 Å². The van der Waals surface area contributed by atoms with Gasteiger partial charge >= 0.3 is 0 Å². The lowest BCUT2D eigenvalue weighted by atomic mass is 10.2. The number of nitrogens with zero attached hydrogens (tertiary/aromatic N) is 5. The summed E-state index contributed by atoms with van der Waals surface area (Å²) in [6.45, 7) is 0.542. The standard InChI is InChI=1S/C20H24N6O5S/c27-10-14-8-16(28)20(31-14)26-12-23-17-18(21-11-22-19(17)26)24-13-6-7-25(9-13)32(29,30)15-4-2-1-3-5-15/h1-5,11-14,16,20,27-28H,6-10H2,(H,21,22,24)/t13?,14-,16+,20+/m0/s1. The van der Waals surface area contributed by atoms with Gasteiger partial charge in [0.25, 0.3) is 0 Å². The van der Waals surface area contributed by atoms with E-state index in [0.29, 0.717) is 42.9 Å². The average Bonchev–Trinajstić information content (AvgIpc) is 3.53. The third-order valence-corrected chi connectivity index (χ3v) is 7.75. The third-order valence-electron chi connectivity index (χ3n) is 5.87. The van der Waals surface area contributed by atoms with E-state index in [1.165, 1.54) is 17.0 Å². The lowest BCUT2D eigenvalue weighted by Crippen LogP contribution is -2.31. The Labute approximate surface area is 184 Å². The molecule has 2 aromatic heterocycles. The SMILES string of the molecule is O=S(=O)(c1ccccc1)N1CCC(Nc2ncnc3c2ncn3[C@@H]2O[C@H](CO)C[C@H]2O)C1. The van der Waals surface area contributed by atoms with Crippen molar-refractivity contribution in [2.75, 3.05) is 25.0 Å². The fourth-order valence-electron chi connectivity index (χ4n) is 4.24. The predicted molar refractivity (Wildman–Crippen MR) is 114 cm³/mol. The first-order valence-corrected chi connectivity index (χ1v) is 11.8. The molecule has 1 unspecified atom stereocenters. The molecule has 0 saturated carbocycles. The van der Waals surface area contributed by atoms with Gasteiger partial charge in [0.2, 0.25) is 10.0 Å². The second kappa shape index (κ2) is 8.37. The van der Waals surface area contributed by atoms with Crippen LogP contribution in [-0.4, -0.2) is 80.4 Å². The molecule has 4 atom stereocenters. The second-order valence-electron chi connectivity index (χ2n) is 7.99. The summed E-state index contributed by atoms with van der Waals surface area (Å²) in [5, 5.41) is 22.9. The molecule has 0 spiro atoms. The van der Waals surface area contributed by atoms with E-state index in [9.17, 15) is 18.6 Å². The van der Waals surface area contributed by atoms with Gasteiger partial charge in [-0.3, -0.25) is 4.57 Å². The molecule has 0 bridgehead atoms. The van der Waals surface area contributed by atoms with E-state index in [1.807, 2.05) is 0 Å². The van der Waals surface area contributed by atoms with Crippen LogP contribution in [0.5, 0.6) is 0 Å². The molecule has 170 valence electrons. The zero-order chi connectivity index (χ0) is 22.3. The van der Waals surface area contributed by atoms with E-state index in [2.05, 4.69) is 20.3 Å². The molecule has 2 aliphatic rings. The molecule has 12 heteroatoms. The minimum Gasteiger partial charge on any atom is -0.394 e. The number of aliphatic hydroxyl groups excluding tert-OH is 2. The summed E-state index contributed by atoms with van der Waals surface area (Å²) in [5.41, 5.74) is 0.983. The molecular formula is C20H24N6O5S. The molecule has 2 aliphatic heterocycles. The summed E-state index contributed by atoms with van der Waals surface area (Å²) < 4.78 is 34.6. The minimum absolute atomic E-state index is 0.135. The summed E-state index contributed by atoms with van der Waals surface area (Å²) >= 11 is 0. The van der Waals surface area contributed by atoms with Gasteiger partial charge in [0.1, 0.15) is 12.4 Å². The first-order chi connectivity index (χ1) is 15.5. The Hall–Kier alpha value is -2.64. The third kappa shape index (κ3) is 3.73. The topological polar surface area (TPSA) is 143 Å².